The molecule has 3 rings (SSSR count). The molecule has 1 saturated heterocycles. The van der Waals surface area contributed by atoms with Crippen molar-refractivity contribution in [2.75, 3.05) is 29.0 Å². The monoisotopic (exact) mass is 362 g/mol. The van der Waals surface area contributed by atoms with Gasteiger partial charge in [-0.3, -0.25) is 4.21 Å². The number of nitrogens with zero attached hydrogens (tertiary/aromatic N) is 1. The average Bonchev–Trinajstić information content (AvgIpc) is 2.63. The van der Waals surface area contributed by atoms with Crippen molar-refractivity contribution in [1.82, 2.24) is 0 Å². The number of hydrogen-bond donors (Lipinski definition) is 1. The molecule has 0 aromatic heterocycles. The molecule has 6 heteroatoms. The summed E-state index contributed by atoms with van der Waals surface area (Å²) < 4.78 is 27.0. The Balaban J connectivity index is 1.70. The van der Waals surface area contributed by atoms with Gasteiger partial charge in [0.1, 0.15) is 11.0 Å². The maximum Gasteiger partial charge on any atom is 0.150 e. The summed E-state index contributed by atoms with van der Waals surface area (Å²) in [4.78, 5) is 3.79. The maximum absolute atomic E-state index is 12.5. The second kappa shape index (κ2) is 7.94. The standard InChI is InChI=1S/C18H22N2O2S2/c1-23(21)17-8-10-18(11-9-17)24(22)19-15-6-5-7-16(14-15)20-12-3-2-4-13-20/h5-11,14,19H,2-4,12-13H2,1H3. The third-order valence-electron chi connectivity index (χ3n) is 4.15. The lowest BCUT2D eigenvalue weighted by Gasteiger charge is -2.29. The van der Waals surface area contributed by atoms with Crippen LogP contribution in [-0.4, -0.2) is 27.8 Å². The van der Waals surface area contributed by atoms with E-state index in [1.165, 1.54) is 24.9 Å². The van der Waals surface area contributed by atoms with E-state index in [1.807, 2.05) is 12.1 Å². The molecule has 1 fully saturated rings. The van der Waals surface area contributed by atoms with Crippen LogP contribution in [0, 0.1) is 0 Å². The number of rotatable bonds is 5. The van der Waals surface area contributed by atoms with E-state index in [0.29, 0.717) is 4.90 Å². The summed E-state index contributed by atoms with van der Waals surface area (Å²) in [6.45, 7) is 2.17. The lowest BCUT2D eigenvalue weighted by Crippen LogP contribution is -2.29. The van der Waals surface area contributed by atoms with E-state index in [2.05, 4.69) is 21.8 Å². The highest BCUT2D eigenvalue weighted by molar-refractivity contribution is 7.86. The van der Waals surface area contributed by atoms with Crippen molar-refractivity contribution in [3.63, 3.8) is 0 Å². The highest BCUT2D eigenvalue weighted by atomic mass is 32.2. The lowest BCUT2D eigenvalue weighted by molar-refractivity contribution is 0.578. The topological polar surface area (TPSA) is 49.4 Å². The summed E-state index contributed by atoms with van der Waals surface area (Å²) in [5.74, 6) is 0. The molecule has 1 aliphatic heterocycles. The van der Waals surface area contributed by atoms with E-state index >= 15 is 0 Å². The zero-order chi connectivity index (χ0) is 16.9. The minimum Gasteiger partial charge on any atom is -0.371 e. The molecule has 2 atom stereocenters. The van der Waals surface area contributed by atoms with Crippen LogP contribution in [0.2, 0.25) is 0 Å². The molecule has 0 spiro atoms. The van der Waals surface area contributed by atoms with Gasteiger partial charge in [0.25, 0.3) is 0 Å². The first-order valence-corrected chi connectivity index (χ1v) is 10.8. The Labute approximate surface area is 148 Å². The Morgan fingerprint density at radius 3 is 2.25 bits per heavy atom. The van der Waals surface area contributed by atoms with Gasteiger partial charge in [0.15, 0.2) is 0 Å². The molecular formula is C18H22N2O2S2. The molecule has 0 amide bonds. The number of nitrogens with one attached hydrogen (secondary N) is 1. The van der Waals surface area contributed by atoms with Crippen LogP contribution in [0.5, 0.6) is 0 Å². The Bertz CT molecular complexity index is 741. The molecule has 1 aliphatic rings. The van der Waals surface area contributed by atoms with E-state index in [1.54, 1.807) is 30.5 Å². The predicted octanol–water partition coefficient (Wildman–Crippen LogP) is 3.55. The largest absolute Gasteiger partial charge is 0.371 e. The van der Waals surface area contributed by atoms with E-state index < -0.39 is 21.8 Å². The zero-order valence-electron chi connectivity index (χ0n) is 13.7. The van der Waals surface area contributed by atoms with Crippen molar-refractivity contribution in [1.29, 1.82) is 0 Å². The summed E-state index contributed by atoms with van der Waals surface area (Å²) in [7, 11) is -2.36. The van der Waals surface area contributed by atoms with Crippen LogP contribution in [0.3, 0.4) is 0 Å². The van der Waals surface area contributed by atoms with Crippen LogP contribution in [-0.2, 0) is 21.8 Å². The Hall–Kier alpha value is -1.66. The number of hydrogen-bond acceptors (Lipinski definition) is 3. The highest BCUT2D eigenvalue weighted by Gasteiger charge is 2.12. The molecule has 0 radical (unpaired) electrons. The molecule has 2 aromatic carbocycles. The first-order chi connectivity index (χ1) is 11.6. The number of anilines is 2. The molecule has 0 aliphatic carbocycles. The first-order valence-electron chi connectivity index (χ1n) is 8.10. The molecule has 2 unspecified atom stereocenters. The van der Waals surface area contributed by atoms with Crippen molar-refractivity contribution in [3.05, 3.63) is 48.5 Å². The second-order valence-electron chi connectivity index (χ2n) is 5.89. The molecule has 0 saturated carbocycles. The average molecular weight is 363 g/mol. The highest BCUT2D eigenvalue weighted by Crippen LogP contribution is 2.24. The smallest absolute Gasteiger partial charge is 0.150 e. The zero-order valence-corrected chi connectivity index (χ0v) is 15.4. The van der Waals surface area contributed by atoms with Crippen LogP contribution >= 0.6 is 0 Å². The van der Waals surface area contributed by atoms with Crippen LogP contribution in [0.4, 0.5) is 11.4 Å². The van der Waals surface area contributed by atoms with Crippen molar-refractivity contribution >= 4 is 33.2 Å². The van der Waals surface area contributed by atoms with Crippen LogP contribution in [0.15, 0.2) is 58.3 Å². The molecule has 2 aromatic rings. The summed E-state index contributed by atoms with van der Waals surface area (Å²) in [5, 5.41) is 0. The Morgan fingerprint density at radius 1 is 0.917 bits per heavy atom. The summed E-state index contributed by atoms with van der Waals surface area (Å²) in [6.07, 6.45) is 5.40. The summed E-state index contributed by atoms with van der Waals surface area (Å²) in [5.41, 5.74) is 2.02. The minimum atomic E-state index is -1.34. The molecule has 128 valence electrons. The van der Waals surface area contributed by atoms with Gasteiger partial charge in [0, 0.05) is 46.4 Å². The van der Waals surface area contributed by atoms with E-state index in [9.17, 15) is 8.42 Å². The van der Waals surface area contributed by atoms with Crippen molar-refractivity contribution < 1.29 is 8.42 Å². The van der Waals surface area contributed by atoms with Crippen molar-refractivity contribution in [2.24, 2.45) is 0 Å². The lowest BCUT2D eigenvalue weighted by atomic mass is 10.1. The molecule has 1 N–H and O–H groups in total. The molecule has 1 heterocycles. The van der Waals surface area contributed by atoms with E-state index in [0.717, 1.165) is 23.7 Å². The fraction of sp³-hybridized carbons (Fsp3) is 0.333. The Morgan fingerprint density at radius 2 is 1.58 bits per heavy atom. The maximum atomic E-state index is 12.5. The summed E-state index contributed by atoms with van der Waals surface area (Å²) in [6, 6.07) is 15.1. The van der Waals surface area contributed by atoms with Gasteiger partial charge in [0.05, 0.1) is 4.90 Å². The van der Waals surface area contributed by atoms with Gasteiger partial charge < -0.3 is 9.62 Å². The SMILES string of the molecule is CS(=O)c1ccc(S(=O)Nc2cccc(N3CCCCC3)c2)cc1. The number of benzene rings is 2. The van der Waals surface area contributed by atoms with Crippen molar-refractivity contribution in [3.8, 4) is 0 Å². The Kier molecular flexibility index (Phi) is 5.68. The molecule has 0 bridgehead atoms. The fourth-order valence-corrected chi connectivity index (χ4v) is 4.20. The van der Waals surface area contributed by atoms with Gasteiger partial charge in [-0.25, -0.2) is 4.21 Å². The van der Waals surface area contributed by atoms with E-state index in [4.69, 9.17) is 0 Å². The predicted molar refractivity (Wildman–Crippen MR) is 101 cm³/mol. The van der Waals surface area contributed by atoms with Gasteiger partial charge in [-0.2, -0.15) is 0 Å². The van der Waals surface area contributed by atoms with Gasteiger partial charge >= 0.3 is 0 Å². The molecular weight excluding hydrogens is 340 g/mol. The number of piperidine rings is 1. The third kappa shape index (κ3) is 4.24. The third-order valence-corrected chi connectivity index (χ3v) is 6.21. The first kappa shape index (κ1) is 17.2. The molecule has 24 heavy (non-hydrogen) atoms. The second-order valence-corrected chi connectivity index (χ2v) is 8.49. The van der Waals surface area contributed by atoms with Crippen LogP contribution in [0.1, 0.15) is 19.3 Å². The van der Waals surface area contributed by atoms with Crippen molar-refractivity contribution in [2.45, 2.75) is 29.1 Å². The quantitative estimate of drug-likeness (QED) is 0.885. The van der Waals surface area contributed by atoms with Crippen LogP contribution < -0.4 is 9.62 Å². The van der Waals surface area contributed by atoms with Gasteiger partial charge in [-0.05, 0) is 61.7 Å². The van der Waals surface area contributed by atoms with Gasteiger partial charge in [-0.1, -0.05) is 6.07 Å². The summed E-state index contributed by atoms with van der Waals surface area (Å²) >= 11 is 0. The van der Waals surface area contributed by atoms with Gasteiger partial charge in [-0.15, -0.1) is 0 Å². The van der Waals surface area contributed by atoms with E-state index in [-0.39, 0.29) is 0 Å². The fourth-order valence-electron chi connectivity index (χ4n) is 2.84. The minimum absolute atomic E-state index is 0.674. The molecule has 4 nitrogen and oxygen atoms in total. The van der Waals surface area contributed by atoms with Gasteiger partial charge in [0.2, 0.25) is 0 Å². The normalized spacial score (nSPS) is 17.3. The van der Waals surface area contributed by atoms with Crippen LogP contribution in [0.25, 0.3) is 0 Å².